The average molecular weight is 305 g/mol. The van der Waals surface area contributed by atoms with Crippen LogP contribution in [-0.4, -0.2) is 11.4 Å². The van der Waals surface area contributed by atoms with Crippen molar-refractivity contribution >= 4 is 11.6 Å². The van der Waals surface area contributed by atoms with E-state index in [0.29, 0.717) is 5.69 Å². The van der Waals surface area contributed by atoms with E-state index in [1.54, 1.807) is 0 Å². The predicted molar refractivity (Wildman–Crippen MR) is 82.6 cm³/mol. The number of benzene rings is 2. The maximum absolute atomic E-state index is 12.9. The van der Waals surface area contributed by atoms with Crippen molar-refractivity contribution in [1.29, 1.82) is 5.26 Å². The summed E-state index contributed by atoms with van der Waals surface area (Å²) < 4.78 is 12.9. The van der Waals surface area contributed by atoms with Crippen LogP contribution in [0.3, 0.4) is 0 Å². The van der Waals surface area contributed by atoms with Crippen LogP contribution >= 0.6 is 0 Å². The number of anilines is 1. The summed E-state index contributed by atoms with van der Waals surface area (Å²) in [6.07, 6.45) is 0. The molecule has 23 heavy (non-hydrogen) atoms. The van der Waals surface area contributed by atoms with E-state index in [4.69, 9.17) is 6.57 Å². The molecule has 1 saturated carbocycles. The van der Waals surface area contributed by atoms with Gasteiger partial charge in [0.05, 0.1) is 5.92 Å². The highest BCUT2D eigenvalue weighted by Gasteiger charge is 2.78. The average Bonchev–Trinajstić information content (AvgIpc) is 3.27. The van der Waals surface area contributed by atoms with E-state index in [2.05, 4.69) is 10.2 Å². The molecule has 5 heteroatoms. The fourth-order valence-electron chi connectivity index (χ4n) is 2.89. The minimum atomic E-state index is -1.37. The van der Waals surface area contributed by atoms with E-state index in [0.717, 1.165) is 5.56 Å². The third-order valence-electron chi connectivity index (χ3n) is 4.09. The van der Waals surface area contributed by atoms with E-state index < -0.39 is 29.1 Å². The van der Waals surface area contributed by atoms with Crippen molar-refractivity contribution in [1.82, 2.24) is 0 Å². The van der Waals surface area contributed by atoms with Crippen LogP contribution in [0, 0.1) is 29.6 Å². The Labute approximate surface area is 133 Å². The van der Waals surface area contributed by atoms with Crippen LogP contribution in [0.2, 0.25) is 0 Å². The Morgan fingerprint density at radius 3 is 2.43 bits per heavy atom. The molecule has 0 heterocycles. The van der Waals surface area contributed by atoms with Gasteiger partial charge in [0.2, 0.25) is 5.91 Å². The SMILES string of the molecule is [C-]#[N+]C1(C#N)C(C(=O)Nc2ccc(F)cc2)C1c1ccccc1. The first kappa shape index (κ1) is 14.7. The molecule has 2 aromatic rings. The van der Waals surface area contributed by atoms with Gasteiger partial charge in [-0.05, 0) is 29.8 Å². The summed E-state index contributed by atoms with van der Waals surface area (Å²) in [5, 5.41) is 12.1. The lowest BCUT2D eigenvalue weighted by Crippen LogP contribution is -2.19. The second kappa shape index (κ2) is 5.55. The Balaban J connectivity index is 1.86. The zero-order valence-electron chi connectivity index (χ0n) is 12.0. The Kier molecular flexibility index (Phi) is 3.56. The Morgan fingerprint density at radius 1 is 1.22 bits per heavy atom. The molecule has 3 unspecified atom stereocenters. The molecule has 1 amide bonds. The minimum absolute atomic E-state index is 0.399. The van der Waals surface area contributed by atoms with Crippen molar-refractivity contribution in [2.75, 3.05) is 5.32 Å². The fourth-order valence-corrected chi connectivity index (χ4v) is 2.89. The van der Waals surface area contributed by atoms with Gasteiger partial charge in [0.25, 0.3) is 0 Å². The highest BCUT2D eigenvalue weighted by molar-refractivity contribution is 5.98. The Hall–Kier alpha value is -3.18. The number of nitrogens with one attached hydrogen (secondary N) is 1. The molecule has 0 radical (unpaired) electrons. The molecule has 1 N–H and O–H groups in total. The third-order valence-corrected chi connectivity index (χ3v) is 4.09. The van der Waals surface area contributed by atoms with Gasteiger partial charge in [-0.25, -0.2) is 11.0 Å². The largest absolute Gasteiger partial charge is 0.335 e. The molecule has 1 aliphatic carbocycles. The first-order valence-corrected chi connectivity index (χ1v) is 7.03. The van der Waals surface area contributed by atoms with Gasteiger partial charge in [-0.1, -0.05) is 30.3 Å². The van der Waals surface area contributed by atoms with E-state index in [1.807, 2.05) is 36.4 Å². The highest BCUT2D eigenvalue weighted by atomic mass is 19.1. The molecule has 4 nitrogen and oxygen atoms in total. The van der Waals surface area contributed by atoms with Crippen LogP contribution in [0.15, 0.2) is 54.6 Å². The normalized spacial score (nSPS) is 25.0. The van der Waals surface area contributed by atoms with Crippen molar-refractivity contribution < 1.29 is 9.18 Å². The first-order valence-electron chi connectivity index (χ1n) is 7.03. The zero-order chi connectivity index (χ0) is 16.4. The van der Waals surface area contributed by atoms with Crippen molar-refractivity contribution in [3.05, 3.63) is 77.4 Å². The summed E-state index contributed by atoms with van der Waals surface area (Å²) in [5.41, 5.74) is -0.137. The van der Waals surface area contributed by atoms with Crippen molar-refractivity contribution in [3.8, 4) is 6.07 Å². The molecule has 1 fully saturated rings. The Morgan fingerprint density at radius 2 is 1.87 bits per heavy atom. The maximum Gasteiger partial charge on any atom is 0.335 e. The summed E-state index contributed by atoms with van der Waals surface area (Å²) in [6, 6.07) is 16.5. The fraction of sp³-hybridized carbons (Fsp3) is 0.167. The van der Waals surface area contributed by atoms with Crippen molar-refractivity contribution in [2.24, 2.45) is 5.92 Å². The molecule has 0 aliphatic heterocycles. The molecule has 2 aromatic carbocycles. The molecule has 3 atom stereocenters. The smallest absolute Gasteiger partial charge is 0.326 e. The van der Waals surface area contributed by atoms with Crippen LogP contribution in [-0.2, 0) is 4.79 Å². The second-order valence-electron chi connectivity index (χ2n) is 5.41. The lowest BCUT2D eigenvalue weighted by molar-refractivity contribution is -0.117. The van der Waals surface area contributed by atoms with Gasteiger partial charge in [-0.15, -0.1) is 0 Å². The number of hydrogen-bond donors (Lipinski definition) is 1. The van der Waals surface area contributed by atoms with Crippen LogP contribution in [0.5, 0.6) is 0 Å². The van der Waals surface area contributed by atoms with E-state index in [-0.39, 0.29) is 0 Å². The monoisotopic (exact) mass is 305 g/mol. The lowest BCUT2D eigenvalue weighted by atomic mass is 10.1. The quantitative estimate of drug-likeness (QED) is 0.884. The number of nitriles is 1. The van der Waals surface area contributed by atoms with Crippen molar-refractivity contribution in [3.63, 3.8) is 0 Å². The molecular formula is C18H12FN3O. The number of rotatable bonds is 3. The first-order chi connectivity index (χ1) is 11.1. The van der Waals surface area contributed by atoms with Crippen LogP contribution < -0.4 is 5.32 Å². The molecular weight excluding hydrogens is 293 g/mol. The van der Waals surface area contributed by atoms with Crippen LogP contribution in [0.4, 0.5) is 10.1 Å². The summed E-state index contributed by atoms with van der Waals surface area (Å²) in [5.74, 6) is -1.99. The molecule has 1 aliphatic rings. The number of carbonyl (C=O) groups excluding carboxylic acids is 1. The molecule has 3 rings (SSSR count). The number of nitrogens with zero attached hydrogens (tertiary/aromatic N) is 2. The highest BCUT2D eigenvalue weighted by Crippen LogP contribution is 2.60. The molecule has 0 saturated heterocycles. The van der Waals surface area contributed by atoms with Gasteiger partial charge < -0.3 is 5.32 Å². The van der Waals surface area contributed by atoms with Gasteiger partial charge >= 0.3 is 5.54 Å². The van der Waals surface area contributed by atoms with Gasteiger partial charge in [-0.3, -0.25) is 9.64 Å². The molecule has 0 bridgehead atoms. The number of halogens is 1. The van der Waals surface area contributed by atoms with E-state index >= 15 is 0 Å². The van der Waals surface area contributed by atoms with Gasteiger partial charge in [-0.2, -0.15) is 5.26 Å². The standard InChI is InChI=1S/C18H12FN3O/c1-21-18(11-20)15(12-5-3-2-4-6-12)16(18)17(23)22-14-9-7-13(19)8-10-14/h2-10,15-16H,(H,22,23). The second-order valence-corrected chi connectivity index (χ2v) is 5.41. The van der Waals surface area contributed by atoms with Crippen molar-refractivity contribution in [2.45, 2.75) is 11.5 Å². The van der Waals surface area contributed by atoms with Crippen LogP contribution in [0.1, 0.15) is 11.5 Å². The Bertz CT molecular complexity index is 804. The summed E-state index contributed by atoms with van der Waals surface area (Å²) >= 11 is 0. The van der Waals surface area contributed by atoms with Gasteiger partial charge in [0.1, 0.15) is 11.7 Å². The summed E-state index contributed by atoms with van der Waals surface area (Å²) in [7, 11) is 0. The van der Waals surface area contributed by atoms with E-state index in [1.165, 1.54) is 24.3 Å². The molecule has 0 aromatic heterocycles. The van der Waals surface area contributed by atoms with Gasteiger partial charge in [0.15, 0.2) is 6.07 Å². The maximum atomic E-state index is 12.9. The number of hydrogen-bond acceptors (Lipinski definition) is 2. The number of amides is 1. The number of carbonyl (C=O) groups is 1. The molecule has 0 spiro atoms. The summed E-state index contributed by atoms with van der Waals surface area (Å²) in [6.45, 7) is 7.35. The van der Waals surface area contributed by atoms with E-state index in [9.17, 15) is 14.4 Å². The lowest BCUT2D eigenvalue weighted by Gasteiger charge is -2.03. The zero-order valence-corrected chi connectivity index (χ0v) is 12.0. The van der Waals surface area contributed by atoms with Gasteiger partial charge in [0, 0.05) is 5.69 Å². The third kappa shape index (κ3) is 2.43. The topological polar surface area (TPSA) is 57.2 Å². The summed E-state index contributed by atoms with van der Waals surface area (Å²) in [4.78, 5) is 15.9. The molecule has 112 valence electrons. The predicted octanol–water partition coefficient (Wildman–Crippen LogP) is 3.36. The minimum Gasteiger partial charge on any atom is -0.326 e. The van der Waals surface area contributed by atoms with Crippen LogP contribution in [0.25, 0.3) is 4.85 Å².